The highest BCUT2D eigenvalue weighted by molar-refractivity contribution is 7.11. The molecule has 1 atom stereocenters. The number of nitrogens with two attached hydrogens (primary N) is 1. The number of rotatable bonds is 5. The molecule has 2 heterocycles. The molecule has 0 aliphatic rings. The standard InChI is InChI=1S/C13H21N5S/c1-8(2)18-6-5-11(17-18)7-12(16-14)13-9(3)15-10(4)19-13/h5-6,8,12,16H,7,14H2,1-4H3. The first kappa shape index (κ1) is 14.2. The Morgan fingerprint density at radius 1 is 1.42 bits per heavy atom. The molecule has 0 radical (unpaired) electrons. The zero-order chi connectivity index (χ0) is 14.0. The maximum absolute atomic E-state index is 5.69. The van der Waals surface area contributed by atoms with E-state index >= 15 is 0 Å². The molecule has 2 rings (SSSR count). The van der Waals surface area contributed by atoms with Crippen LogP contribution >= 0.6 is 11.3 Å². The van der Waals surface area contributed by atoms with Crippen molar-refractivity contribution in [3.63, 3.8) is 0 Å². The first-order valence-corrected chi connectivity index (χ1v) is 7.27. The van der Waals surface area contributed by atoms with Gasteiger partial charge in [-0.15, -0.1) is 11.3 Å². The fourth-order valence-corrected chi connectivity index (χ4v) is 3.07. The third-order valence-corrected chi connectivity index (χ3v) is 4.25. The van der Waals surface area contributed by atoms with Crippen LogP contribution in [0.15, 0.2) is 12.3 Å². The van der Waals surface area contributed by atoms with Crippen molar-refractivity contribution in [1.82, 2.24) is 20.2 Å². The number of hydrogen-bond donors (Lipinski definition) is 2. The van der Waals surface area contributed by atoms with Crippen LogP contribution in [0.3, 0.4) is 0 Å². The first-order chi connectivity index (χ1) is 9.01. The second kappa shape index (κ2) is 5.81. The molecule has 2 aromatic rings. The van der Waals surface area contributed by atoms with Crippen molar-refractivity contribution in [1.29, 1.82) is 0 Å². The second-order valence-electron chi connectivity index (χ2n) is 4.99. The molecule has 0 aliphatic heterocycles. The van der Waals surface area contributed by atoms with Crippen LogP contribution in [0.1, 0.15) is 47.2 Å². The molecule has 2 aromatic heterocycles. The average Bonchev–Trinajstić information content (AvgIpc) is 2.93. The fourth-order valence-electron chi connectivity index (χ4n) is 2.08. The molecule has 0 spiro atoms. The van der Waals surface area contributed by atoms with Crippen LogP contribution in [-0.4, -0.2) is 14.8 Å². The summed E-state index contributed by atoms with van der Waals surface area (Å²) < 4.78 is 1.97. The molecule has 0 aliphatic carbocycles. The van der Waals surface area contributed by atoms with E-state index in [1.807, 2.05) is 30.8 Å². The van der Waals surface area contributed by atoms with Crippen molar-refractivity contribution in [3.8, 4) is 0 Å². The van der Waals surface area contributed by atoms with E-state index in [0.29, 0.717) is 6.04 Å². The Hall–Kier alpha value is -1.24. The first-order valence-electron chi connectivity index (χ1n) is 6.45. The molecule has 0 fully saturated rings. The van der Waals surface area contributed by atoms with Gasteiger partial charge in [-0.05, 0) is 33.8 Å². The van der Waals surface area contributed by atoms with Gasteiger partial charge in [0.1, 0.15) is 0 Å². The van der Waals surface area contributed by atoms with Crippen LogP contribution in [0.25, 0.3) is 0 Å². The smallest absolute Gasteiger partial charge is 0.0900 e. The maximum atomic E-state index is 5.69. The van der Waals surface area contributed by atoms with Crippen LogP contribution in [0.5, 0.6) is 0 Å². The molecule has 0 amide bonds. The highest BCUT2D eigenvalue weighted by Gasteiger charge is 2.18. The van der Waals surface area contributed by atoms with Gasteiger partial charge in [0.05, 0.1) is 22.4 Å². The van der Waals surface area contributed by atoms with Gasteiger partial charge in [0.2, 0.25) is 0 Å². The Morgan fingerprint density at radius 2 is 2.16 bits per heavy atom. The Labute approximate surface area is 117 Å². The lowest BCUT2D eigenvalue weighted by Crippen LogP contribution is -2.29. The van der Waals surface area contributed by atoms with Crippen molar-refractivity contribution in [2.24, 2.45) is 5.84 Å². The SMILES string of the molecule is Cc1nc(C)c(C(Cc2ccn(C(C)C)n2)NN)s1. The van der Waals surface area contributed by atoms with Gasteiger partial charge in [-0.3, -0.25) is 16.0 Å². The minimum Gasteiger partial charge on any atom is -0.271 e. The van der Waals surface area contributed by atoms with Gasteiger partial charge in [0, 0.05) is 23.5 Å². The lowest BCUT2D eigenvalue weighted by atomic mass is 10.1. The fraction of sp³-hybridized carbons (Fsp3) is 0.538. The quantitative estimate of drug-likeness (QED) is 0.651. The number of hydrogen-bond acceptors (Lipinski definition) is 5. The predicted molar refractivity (Wildman–Crippen MR) is 78.0 cm³/mol. The van der Waals surface area contributed by atoms with Gasteiger partial charge in [0.25, 0.3) is 0 Å². The van der Waals surface area contributed by atoms with Crippen molar-refractivity contribution in [3.05, 3.63) is 33.5 Å². The molecule has 104 valence electrons. The largest absolute Gasteiger partial charge is 0.271 e. The van der Waals surface area contributed by atoms with Crippen LogP contribution in [0, 0.1) is 13.8 Å². The molecule has 1 unspecified atom stereocenters. The Kier molecular flexibility index (Phi) is 4.34. The molecule has 3 N–H and O–H groups in total. The lowest BCUT2D eigenvalue weighted by Gasteiger charge is -2.13. The third kappa shape index (κ3) is 3.20. The van der Waals surface area contributed by atoms with Crippen molar-refractivity contribution in [2.45, 2.75) is 46.2 Å². The monoisotopic (exact) mass is 279 g/mol. The number of nitrogens with zero attached hydrogens (tertiary/aromatic N) is 3. The van der Waals surface area contributed by atoms with Crippen LogP contribution in [-0.2, 0) is 6.42 Å². The van der Waals surface area contributed by atoms with Gasteiger partial charge in [0.15, 0.2) is 0 Å². The van der Waals surface area contributed by atoms with Gasteiger partial charge >= 0.3 is 0 Å². The number of aromatic nitrogens is 3. The highest BCUT2D eigenvalue weighted by atomic mass is 32.1. The van der Waals surface area contributed by atoms with E-state index in [1.54, 1.807) is 11.3 Å². The average molecular weight is 279 g/mol. The van der Waals surface area contributed by atoms with Crippen LogP contribution < -0.4 is 11.3 Å². The van der Waals surface area contributed by atoms with Gasteiger partial charge in [-0.2, -0.15) is 5.10 Å². The van der Waals surface area contributed by atoms with Crippen LogP contribution in [0.4, 0.5) is 0 Å². The summed E-state index contributed by atoms with van der Waals surface area (Å²) >= 11 is 1.69. The summed E-state index contributed by atoms with van der Waals surface area (Å²) in [6, 6.07) is 2.50. The van der Waals surface area contributed by atoms with E-state index < -0.39 is 0 Å². The molecule has 6 heteroatoms. The molecular weight excluding hydrogens is 258 g/mol. The lowest BCUT2D eigenvalue weighted by molar-refractivity contribution is 0.508. The summed E-state index contributed by atoms with van der Waals surface area (Å²) in [6.45, 7) is 8.27. The minimum absolute atomic E-state index is 0.0710. The second-order valence-corrected chi connectivity index (χ2v) is 6.22. The Balaban J connectivity index is 2.16. The molecule has 5 nitrogen and oxygen atoms in total. The topological polar surface area (TPSA) is 68.8 Å². The summed E-state index contributed by atoms with van der Waals surface area (Å²) in [6.07, 6.45) is 2.79. The van der Waals surface area contributed by atoms with E-state index in [1.165, 1.54) is 4.88 Å². The summed E-state index contributed by atoms with van der Waals surface area (Å²) in [5.74, 6) is 5.69. The normalized spacial score (nSPS) is 13.2. The number of hydrazine groups is 1. The Morgan fingerprint density at radius 3 is 2.63 bits per heavy atom. The molecule has 0 saturated heterocycles. The third-order valence-electron chi connectivity index (χ3n) is 3.06. The Bertz CT molecular complexity index is 543. The van der Waals surface area contributed by atoms with E-state index in [4.69, 9.17) is 5.84 Å². The molecule has 19 heavy (non-hydrogen) atoms. The number of thiazole rings is 1. The molecular formula is C13H21N5S. The maximum Gasteiger partial charge on any atom is 0.0900 e. The zero-order valence-electron chi connectivity index (χ0n) is 11.8. The van der Waals surface area contributed by atoms with E-state index in [2.05, 4.69) is 29.4 Å². The minimum atomic E-state index is 0.0710. The summed E-state index contributed by atoms with van der Waals surface area (Å²) in [7, 11) is 0. The predicted octanol–water partition coefficient (Wildman–Crippen LogP) is 2.28. The van der Waals surface area contributed by atoms with Crippen molar-refractivity contribution >= 4 is 11.3 Å². The highest BCUT2D eigenvalue weighted by Crippen LogP contribution is 2.26. The van der Waals surface area contributed by atoms with E-state index in [0.717, 1.165) is 22.8 Å². The number of nitrogens with one attached hydrogen (secondary N) is 1. The summed E-state index contributed by atoms with van der Waals surface area (Å²) in [5.41, 5.74) is 4.97. The van der Waals surface area contributed by atoms with E-state index in [9.17, 15) is 0 Å². The zero-order valence-corrected chi connectivity index (χ0v) is 12.7. The van der Waals surface area contributed by atoms with E-state index in [-0.39, 0.29) is 6.04 Å². The van der Waals surface area contributed by atoms with Gasteiger partial charge in [-0.1, -0.05) is 0 Å². The number of aryl methyl sites for hydroxylation is 2. The molecule has 0 saturated carbocycles. The molecule has 0 bridgehead atoms. The van der Waals surface area contributed by atoms with Gasteiger partial charge < -0.3 is 0 Å². The summed E-state index contributed by atoms with van der Waals surface area (Å²) in [5, 5.41) is 5.63. The molecule has 0 aromatic carbocycles. The van der Waals surface area contributed by atoms with Gasteiger partial charge in [-0.25, -0.2) is 4.98 Å². The van der Waals surface area contributed by atoms with Crippen molar-refractivity contribution in [2.75, 3.05) is 0 Å². The summed E-state index contributed by atoms with van der Waals surface area (Å²) in [4.78, 5) is 5.65. The van der Waals surface area contributed by atoms with Crippen LogP contribution in [0.2, 0.25) is 0 Å². The van der Waals surface area contributed by atoms with Crippen molar-refractivity contribution < 1.29 is 0 Å².